The molecule has 0 unspecified atom stereocenters. The molecule has 1 aromatic heterocycles. The van der Waals surface area contributed by atoms with Crippen molar-refractivity contribution >= 4 is 32.3 Å². The van der Waals surface area contributed by atoms with Gasteiger partial charge in [0.15, 0.2) is 17.5 Å². The van der Waals surface area contributed by atoms with Crippen LogP contribution in [-0.4, -0.2) is 15.0 Å². The summed E-state index contributed by atoms with van der Waals surface area (Å²) in [7, 11) is 0. The molecule has 9 aromatic rings. The van der Waals surface area contributed by atoms with Gasteiger partial charge in [0.25, 0.3) is 0 Å². The monoisotopic (exact) mass is 611 g/mol. The third kappa shape index (κ3) is 4.99. The minimum atomic E-state index is 0.650. The number of nitrogens with zero attached hydrogens (tertiary/aromatic N) is 3. The van der Waals surface area contributed by atoms with Crippen molar-refractivity contribution < 1.29 is 0 Å². The van der Waals surface area contributed by atoms with Crippen LogP contribution in [0.25, 0.3) is 88.7 Å². The zero-order valence-corrected chi connectivity index (χ0v) is 26.1. The quantitative estimate of drug-likeness (QED) is 0.182. The largest absolute Gasteiger partial charge is 0.208 e. The maximum Gasteiger partial charge on any atom is 0.164 e. The molecule has 8 aromatic carbocycles. The van der Waals surface area contributed by atoms with Gasteiger partial charge in [0.1, 0.15) is 0 Å². The van der Waals surface area contributed by atoms with Crippen molar-refractivity contribution in [1.29, 1.82) is 0 Å². The highest BCUT2D eigenvalue weighted by molar-refractivity contribution is 6.25. The highest BCUT2D eigenvalue weighted by Gasteiger charge is 2.14. The van der Waals surface area contributed by atoms with Crippen molar-refractivity contribution in [3.63, 3.8) is 0 Å². The highest BCUT2D eigenvalue weighted by Crippen LogP contribution is 2.37. The Morgan fingerprint density at radius 2 is 0.562 bits per heavy atom. The molecule has 48 heavy (non-hydrogen) atoms. The first kappa shape index (κ1) is 27.8. The van der Waals surface area contributed by atoms with Gasteiger partial charge in [-0.15, -0.1) is 0 Å². The summed E-state index contributed by atoms with van der Waals surface area (Å²) in [5.74, 6) is 1.97. The summed E-state index contributed by atoms with van der Waals surface area (Å²) in [4.78, 5) is 14.7. The Morgan fingerprint density at radius 1 is 0.208 bits per heavy atom. The van der Waals surface area contributed by atoms with Gasteiger partial charge >= 0.3 is 0 Å². The summed E-state index contributed by atoms with van der Waals surface area (Å²) in [5.41, 5.74) is 7.50. The van der Waals surface area contributed by atoms with E-state index in [0.717, 1.165) is 27.8 Å². The Kier molecular flexibility index (Phi) is 6.80. The van der Waals surface area contributed by atoms with Crippen molar-refractivity contribution in [2.45, 2.75) is 0 Å². The minimum absolute atomic E-state index is 0.650. The van der Waals surface area contributed by atoms with E-state index in [1.807, 2.05) is 60.7 Å². The lowest BCUT2D eigenvalue weighted by molar-refractivity contribution is 1.07. The third-order valence-electron chi connectivity index (χ3n) is 9.12. The summed E-state index contributed by atoms with van der Waals surface area (Å²) in [6.07, 6.45) is 0. The minimum Gasteiger partial charge on any atom is -0.208 e. The van der Waals surface area contributed by atoms with Gasteiger partial charge in [-0.25, -0.2) is 15.0 Å². The molecule has 0 atom stereocenters. The lowest BCUT2D eigenvalue weighted by Gasteiger charge is -2.12. The SMILES string of the molecule is c1ccc(-c2nc(-c3ccccc3)nc(-c3cccc(-c4ccc(-c5ccc6c7ccccc7c7ccccc7c6c5)cc4)c3)n2)cc1. The second-order valence-electron chi connectivity index (χ2n) is 12.0. The molecule has 3 nitrogen and oxygen atoms in total. The summed E-state index contributed by atoms with van der Waals surface area (Å²) >= 11 is 0. The molecule has 0 amide bonds. The summed E-state index contributed by atoms with van der Waals surface area (Å²) in [6, 6.07) is 61.8. The van der Waals surface area contributed by atoms with Crippen molar-refractivity contribution in [2.75, 3.05) is 0 Å². The zero-order chi connectivity index (χ0) is 31.9. The highest BCUT2D eigenvalue weighted by atomic mass is 15.0. The maximum atomic E-state index is 4.93. The van der Waals surface area contributed by atoms with Crippen molar-refractivity contribution in [3.05, 3.63) is 176 Å². The van der Waals surface area contributed by atoms with Gasteiger partial charge in [-0.2, -0.15) is 0 Å². The second-order valence-corrected chi connectivity index (χ2v) is 12.0. The smallest absolute Gasteiger partial charge is 0.164 e. The Labute approximate surface area is 278 Å². The zero-order valence-electron chi connectivity index (χ0n) is 26.1. The second kappa shape index (κ2) is 11.7. The number of fused-ring (bicyclic) bond motifs is 6. The molecule has 0 aliphatic rings. The first-order chi connectivity index (χ1) is 23.8. The van der Waals surface area contributed by atoms with Gasteiger partial charge in [-0.3, -0.25) is 0 Å². The van der Waals surface area contributed by atoms with E-state index in [2.05, 4.69) is 115 Å². The molecule has 0 spiro atoms. The lowest BCUT2D eigenvalue weighted by Crippen LogP contribution is -2.00. The van der Waals surface area contributed by atoms with Crippen molar-refractivity contribution in [2.24, 2.45) is 0 Å². The van der Waals surface area contributed by atoms with E-state index >= 15 is 0 Å². The van der Waals surface area contributed by atoms with Crippen molar-refractivity contribution in [1.82, 2.24) is 15.0 Å². The van der Waals surface area contributed by atoms with E-state index in [1.54, 1.807) is 0 Å². The Balaban J connectivity index is 1.09. The molecule has 0 saturated carbocycles. The van der Waals surface area contributed by atoms with Crippen LogP contribution in [-0.2, 0) is 0 Å². The normalized spacial score (nSPS) is 11.3. The molecule has 0 aliphatic carbocycles. The molecule has 9 rings (SSSR count). The summed E-state index contributed by atoms with van der Waals surface area (Å²) in [6.45, 7) is 0. The number of hydrogen-bond donors (Lipinski definition) is 0. The average Bonchev–Trinajstić information content (AvgIpc) is 3.18. The molecular weight excluding hydrogens is 583 g/mol. The number of aromatic nitrogens is 3. The van der Waals surface area contributed by atoms with Crippen LogP contribution in [0.1, 0.15) is 0 Å². The Bertz CT molecular complexity index is 2500. The van der Waals surface area contributed by atoms with E-state index < -0.39 is 0 Å². The maximum absolute atomic E-state index is 4.93. The molecule has 0 aliphatic heterocycles. The molecule has 0 saturated heterocycles. The van der Waals surface area contributed by atoms with Crippen LogP contribution < -0.4 is 0 Å². The average molecular weight is 612 g/mol. The Morgan fingerprint density at radius 3 is 1.08 bits per heavy atom. The molecule has 0 bridgehead atoms. The van der Waals surface area contributed by atoms with Crippen LogP contribution >= 0.6 is 0 Å². The first-order valence-corrected chi connectivity index (χ1v) is 16.2. The van der Waals surface area contributed by atoms with Gasteiger partial charge in [0.2, 0.25) is 0 Å². The van der Waals surface area contributed by atoms with Crippen LogP contribution in [0.3, 0.4) is 0 Å². The van der Waals surface area contributed by atoms with Crippen LogP contribution in [0.15, 0.2) is 176 Å². The summed E-state index contributed by atoms with van der Waals surface area (Å²) in [5, 5.41) is 7.72. The van der Waals surface area contributed by atoms with Gasteiger partial charge in [-0.05, 0) is 66.7 Å². The lowest BCUT2D eigenvalue weighted by atomic mass is 9.92. The van der Waals surface area contributed by atoms with E-state index in [1.165, 1.54) is 43.4 Å². The third-order valence-corrected chi connectivity index (χ3v) is 9.12. The molecule has 0 radical (unpaired) electrons. The van der Waals surface area contributed by atoms with Gasteiger partial charge < -0.3 is 0 Å². The number of benzene rings is 8. The van der Waals surface area contributed by atoms with Crippen LogP contribution in [0.4, 0.5) is 0 Å². The van der Waals surface area contributed by atoms with Crippen LogP contribution in [0, 0.1) is 0 Å². The van der Waals surface area contributed by atoms with E-state index in [4.69, 9.17) is 15.0 Å². The fourth-order valence-electron chi connectivity index (χ4n) is 6.72. The molecule has 3 heteroatoms. The number of rotatable bonds is 5. The fraction of sp³-hybridized carbons (Fsp3) is 0. The predicted molar refractivity (Wildman–Crippen MR) is 200 cm³/mol. The van der Waals surface area contributed by atoms with E-state index in [9.17, 15) is 0 Å². The van der Waals surface area contributed by atoms with E-state index in [0.29, 0.717) is 17.5 Å². The first-order valence-electron chi connectivity index (χ1n) is 16.2. The van der Waals surface area contributed by atoms with E-state index in [-0.39, 0.29) is 0 Å². The Hall–Kier alpha value is -6.45. The predicted octanol–water partition coefficient (Wildman–Crippen LogP) is 11.7. The van der Waals surface area contributed by atoms with Gasteiger partial charge in [0, 0.05) is 16.7 Å². The number of hydrogen-bond acceptors (Lipinski definition) is 3. The van der Waals surface area contributed by atoms with Gasteiger partial charge in [-0.1, -0.05) is 164 Å². The molecule has 0 fully saturated rings. The van der Waals surface area contributed by atoms with Crippen LogP contribution in [0.2, 0.25) is 0 Å². The molecule has 224 valence electrons. The summed E-state index contributed by atoms with van der Waals surface area (Å²) < 4.78 is 0. The van der Waals surface area contributed by atoms with Crippen molar-refractivity contribution in [3.8, 4) is 56.4 Å². The molecule has 0 N–H and O–H groups in total. The topological polar surface area (TPSA) is 38.7 Å². The van der Waals surface area contributed by atoms with Crippen LogP contribution in [0.5, 0.6) is 0 Å². The van der Waals surface area contributed by atoms with Gasteiger partial charge in [0.05, 0.1) is 0 Å². The molecular formula is C45H29N3. The standard InChI is InChI=1S/C45H29N3/c1-3-12-32(13-4-1)43-46-44(33-14-5-2-6-15-33)48-45(47-43)36-17-11-16-34(28-36)30-22-24-31(25-23-30)35-26-27-41-39-20-8-7-18-37(39)38-19-9-10-21-40(38)42(41)29-35/h1-29H. The molecule has 1 heterocycles. The fourth-order valence-corrected chi connectivity index (χ4v) is 6.72.